The fourth-order valence-corrected chi connectivity index (χ4v) is 4.56. The third kappa shape index (κ3) is 7.56. The third-order valence-electron chi connectivity index (χ3n) is 6.07. The zero-order chi connectivity index (χ0) is 29.3. The Morgan fingerprint density at radius 1 is 0.872 bits per heavy atom. The highest BCUT2D eigenvalue weighted by Gasteiger charge is 2.41. The largest absolute Gasteiger partial charge is 0.417 e. The summed E-state index contributed by atoms with van der Waals surface area (Å²) in [5.41, 5.74) is -1.80. The standard InChI is InChI=1S/C28H20Cl3F7O/c1-14-3-5-16(6-4-14)15(2)9-25(39)19-8-7-17(10-21(19)28(36,37)38)24(32)13-20(27(33,34)35)18-11-22(29)26(31)23(30)12-18/h3-8,10-13,15,20H,9H2,1-2H3/b24-13-/t15-,20?/m0/s1. The van der Waals surface area contributed by atoms with Crippen LogP contribution < -0.4 is 0 Å². The quantitative estimate of drug-likeness (QED) is 0.148. The minimum atomic E-state index is -5.07. The fourth-order valence-electron chi connectivity index (χ4n) is 3.95. The number of alkyl halides is 6. The van der Waals surface area contributed by atoms with Crippen LogP contribution in [0.4, 0.5) is 30.7 Å². The molecule has 2 atom stereocenters. The van der Waals surface area contributed by atoms with Gasteiger partial charge in [0, 0.05) is 17.5 Å². The van der Waals surface area contributed by atoms with Crippen molar-refractivity contribution in [2.75, 3.05) is 0 Å². The smallest absolute Gasteiger partial charge is 0.294 e. The van der Waals surface area contributed by atoms with E-state index < -0.39 is 58.1 Å². The second-order valence-corrected chi connectivity index (χ2v) is 10.2. The van der Waals surface area contributed by atoms with Crippen molar-refractivity contribution in [2.24, 2.45) is 0 Å². The van der Waals surface area contributed by atoms with E-state index >= 15 is 4.39 Å². The summed E-state index contributed by atoms with van der Waals surface area (Å²) in [4.78, 5) is 12.8. The van der Waals surface area contributed by atoms with Gasteiger partial charge >= 0.3 is 12.4 Å². The van der Waals surface area contributed by atoms with E-state index in [0.29, 0.717) is 6.07 Å². The molecular weight excluding hydrogens is 592 g/mol. The predicted octanol–water partition coefficient (Wildman–Crippen LogP) is 11.0. The Balaban J connectivity index is 2.00. The van der Waals surface area contributed by atoms with E-state index in [1.807, 2.05) is 19.1 Å². The number of hydrogen-bond donors (Lipinski definition) is 0. The molecule has 0 N–H and O–H groups in total. The van der Waals surface area contributed by atoms with Crippen LogP contribution in [0.15, 0.2) is 60.7 Å². The Morgan fingerprint density at radius 3 is 1.95 bits per heavy atom. The Morgan fingerprint density at radius 2 is 1.44 bits per heavy atom. The summed E-state index contributed by atoms with van der Waals surface area (Å²) < 4.78 is 98.2. The second-order valence-electron chi connectivity index (χ2n) is 9.03. The molecule has 1 unspecified atom stereocenters. The molecule has 0 saturated carbocycles. The fraction of sp³-hybridized carbons (Fsp3) is 0.250. The Kier molecular flexibility index (Phi) is 9.46. The summed E-state index contributed by atoms with van der Waals surface area (Å²) in [5, 5.41) is -0.840. The first-order valence-electron chi connectivity index (χ1n) is 11.4. The van der Waals surface area contributed by atoms with Crippen molar-refractivity contribution >= 4 is 46.4 Å². The Bertz CT molecular complexity index is 1370. The highest BCUT2D eigenvalue weighted by atomic mass is 35.5. The van der Waals surface area contributed by atoms with Gasteiger partial charge < -0.3 is 0 Å². The van der Waals surface area contributed by atoms with E-state index in [0.717, 1.165) is 35.4 Å². The molecule has 39 heavy (non-hydrogen) atoms. The summed E-state index contributed by atoms with van der Waals surface area (Å²) in [6.07, 6.45) is -10.3. The van der Waals surface area contributed by atoms with Gasteiger partial charge in [0.2, 0.25) is 0 Å². The molecule has 0 amide bonds. The van der Waals surface area contributed by atoms with Gasteiger partial charge in [0.15, 0.2) is 5.78 Å². The first-order chi connectivity index (χ1) is 18.0. The minimum Gasteiger partial charge on any atom is -0.294 e. The van der Waals surface area contributed by atoms with E-state index in [2.05, 4.69) is 0 Å². The molecule has 3 aromatic rings. The van der Waals surface area contributed by atoms with Gasteiger partial charge in [0.25, 0.3) is 0 Å². The maximum atomic E-state index is 15.1. The Labute approximate surface area is 235 Å². The lowest BCUT2D eigenvalue weighted by molar-refractivity contribution is -0.140. The van der Waals surface area contributed by atoms with Crippen molar-refractivity contribution in [3.63, 3.8) is 0 Å². The summed E-state index contributed by atoms with van der Waals surface area (Å²) in [7, 11) is 0. The average molecular weight is 612 g/mol. The van der Waals surface area contributed by atoms with Crippen molar-refractivity contribution in [3.05, 3.63) is 109 Å². The summed E-state index contributed by atoms with van der Waals surface area (Å²) in [6.45, 7) is 3.54. The van der Waals surface area contributed by atoms with Gasteiger partial charge in [-0.1, -0.05) is 83.7 Å². The van der Waals surface area contributed by atoms with E-state index in [1.165, 1.54) is 0 Å². The van der Waals surface area contributed by atoms with E-state index in [-0.39, 0.29) is 27.6 Å². The molecule has 0 heterocycles. The number of benzene rings is 3. The SMILES string of the molecule is Cc1ccc([C@@H](C)CC(=O)c2ccc(/C(F)=C/C(c3cc(Cl)c(Cl)c(Cl)c3)C(F)(F)F)cc2C(F)(F)F)cc1. The number of halogens is 10. The minimum absolute atomic E-state index is 0.117. The molecule has 0 aromatic heterocycles. The van der Waals surface area contributed by atoms with Gasteiger partial charge in [0.1, 0.15) is 11.7 Å². The molecule has 208 valence electrons. The van der Waals surface area contributed by atoms with E-state index in [4.69, 9.17) is 34.8 Å². The molecule has 0 fully saturated rings. The van der Waals surface area contributed by atoms with Crippen LogP contribution in [0.2, 0.25) is 15.1 Å². The molecule has 3 aromatic carbocycles. The van der Waals surface area contributed by atoms with Gasteiger partial charge in [-0.2, -0.15) is 26.3 Å². The van der Waals surface area contributed by atoms with Crippen molar-refractivity contribution in [1.29, 1.82) is 0 Å². The van der Waals surface area contributed by atoms with Crippen LogP contribution in [0.1, 0.15) is 63.4 Å². The maximum absolute atomic E-state index is 15.1. The first kappa shape index (κ1) is 31.0. The van der Waals surface area contributed by atoms with Gasteiger partial charge in [-0.3, -0.25) is 4.79 Å². The normalized spacial score (nSPS) is 14.3. The van der Waals surface area contributed by atoms with Crippen LogP contribution in [-0.4, -0.2) is 12.0 Å². The lowest BCUT2D eigenvalue weighted by Crippen LogP contribution is -2.19. The number of rotatable bonds is 7. The van der Waals surface area contributed by atoms with E-state index in [9.17, 15) is 31.1 Å². The molecule has 3 rings (SSSR count). The van der Waals surface area contributed by atoms with Gasteiger partial charge in [-0.05, 0) is 48.2 Å². The lowest BCUT2D eigenvalue weighted by Gasteiger charge is -2.19. The topological polar surface area (TPSA) is 17.1 Å². The molecule has 0 aliphatic rings. The molecule has 0 saturated heterocycles. The van der Waals surface area contributed by atoms with Crippen LogP contribution >= 0.6 is 34.8 Å². The zero-order valence-corrected chi connectivity index (χ0v) is 22.6. The molecule has 0 bridgehead atoms. The number of ketones is 1. The molecule has 0 radical (unpaired) electrons. The van der Waals surface area contributed by atoms with Gasteiger partial charge in [0.05, 0.1) is 20.6 Å². The third-order valence-corrected chi connectivity index (χ3v) is 7.27. The first-order valence-corrected chi connectivity index (χ1v) is 12.5. The second kappa shape index (κ2) is 11.9. The van der Waals surface area contributed by atoms with Crippen LogP contribution in [0.5, 0.6) is 0 Å². The molecule has 0 aliphatic heterocycles. The predicted molar refractivity (Wildman–Crippen MR) is 139 cm³/mol. The maximum Gasteiger partial charge on any atom is 0.417 e. The number of hydrogen-bond acceptors (Lipinski definition) is 1. The van der Waals surface area contributed by atoms with Gasteiger partial charge in [-0.15, -0.1) is 0 Å². The van der Waals surface area contributed by atoms with Crippen molar-refractivity contribution < 1.29 is 35.5 Å². The molecule has 0 spiro atoms. The highest BCUT2D eigenvalue weighted by Crippen LogP contribution is 2.43. The van der Waals surface area contributed by atoms with Crippen LogP contribution in [0.25, 0.3) is 5.83 Å². The van der Waals surface area contributed by atoms with Gasteiger partial charge in [-0.25, -0.2) is 4.39 Å². The van der Waals surface area contributed by atoms with Crippen LogP contribution in [0.3, 0.4) is 0 Å². The molecule has 1 nitrogen and oxygen atoms in total. The lowest BCUT2D eigenvalue weighted by atomic mass is 9.90. The van der Waals surface area contributed by atoms with Crippen LogP contribution in [-0.2, 0) is 6.18 Å². The number of Topliss-reactive ketones (excluding diaryl/α,β-unsaturated/α-hetero) is 1. The molecule has 0 aliphatic carbocycles. The average Bonchev–Trinajstić information content (AvgIpc) is 2.84. The monoisotopic (exact) mass is 610 g/mol. The summed E-state index contributed by atoms with van der Waals surface area (Å²) in [5.74, 6) is -5.45. The highest BCUT2D eigenvalue weighted by molar-refractivity contribution is 6.48. The number of allylic oxidation sites excluding steroid dienone is 1. The number of carbonyl (C=O) groups is 1. The van der Waals surface area contributed by atoms with Crippen molar-refractivity contribution in [1.82, 2.24) is 0 Å². The summed E-state index contributed by atoms with van der Waals surface area (Å²) in [6, 6.07) is 10.8. The van der Waals surface area contributed by atoms with Crippen molar-refractivity contribution in [2.45, 2.75) is 44.5 Å². The molecule has 11 heteroatoms. The van der Waals surface area contributed by atoms with Crippen LogP contribution in [0, 0.1) is 6.92 Å². The van der Waals surface area contributed by atoms with E-state index in [1.54, 1.807) is 19.1 Å². The zero-order valence-electron chi connectivity index (χ0n) is 20.3. The Hall–Kier alpha value is -2.55. The summed E-state index contributed by atoms with van der Waals surface area (Å²) >= 11 is 17.4. The number of carbonyl (C=O) groups excluding carboxylic acids is 1. The van der Waals surface area contributed by atoms with Crippen molar-refractivity contribution in [3.8, 4) is 0 Å². The number of aryl methyl sites for hydroxylation is 1. The molecular formula is C28H20Cl3F7O.